The Morgan fingerprint density at radius 2 is 0.721 bits per heavy atom. The van der Waals surface area contributed by atoms with E-state index in [1.807, 2.05) is 78.9 Å². The number of nitrogens with zero attached hydrogens (tertiary/aromatic N) is 5. The van der Waals surface area contributed by atoms with E-state index in [1.165, 1.54) is 16.3 Å². The molecular formula is C56H37N5. The van der Waals surface area contributed by atoms with Gasteiger partial charge in [-0.15, -0.1) is 0 Å². The zero-order valence-corrected chi connectivity index (χ0v) is 33.4. The highest BCUT2D eigenvalue weighted by Gasteiger charge is 2.16. The highest BCUT2D eigenvalue weighted by molar-refractivity contribution is 6.04. The minimum Gasteiger partial charge on any atom is -0.237 e. The molecule has 0 saturated heterocycles. The van der Waals surface area contributed by atoms with Gasteiger partial charge < -0.3 is 0 Å². The largest absolute Gasteiger partial charge is 0.237 e. The molecule has 5 heteroatoms. The van der Waals surface area contributed by atoms with Crippen LogP contribution in [0.1, 0.15) is 5.56 Å². The van der Waals surface area contributed by atoms with Gasteiger partial charge in [0.25, 0.3) is 0 Å². The van der Waals surface area contributed by atoms with Crippen LogP contribution in [0, 0.1) is 13.5 Å². The van der Waals surface area contributed by atoms with E-state index in [1.54, 1.807) is 0 Å². The Hall–Kier alpha value is -8.33. The Morgan fingerprint density at radius 3 is 1.21 bits per heavy atom. The van der Waals surface area contributed by atoms with Crippen LogP contribution in [0.3, 0.4) is 0 Å². The number of fused-ring (bicyclic) bond motifs is 1. The van der Waals surface area contributed by atoms with E-state index < -0.39 is 0 Å². The molecule has 0 N–H and O–H groups in total. The normalized spacial score (nSPS) is 11.0. The molecule has 0 bridgehead atoms. The summed E-state index contributed by atoms with van der Waals surface area (Å²) in [6.07, 6.45) is 0. The zero-order chi connectivity index (χ0) is 41.1. The van der Waals surface area contributed by atoms with Gasteiger partial charge in [-0.25, -0.2) is 24.8 Å². The maximum Gasteiger partial charge on any atom is 0.196 e. The smallest absolute Gasteiger partial charge is 0.196 e. The molecule has 5 nitrogen and oxygen atoms in total. The van der Waals surface area contributed by atoms with Crippen molar-refractivity contribution >= 4 is 16.5 Å². The second kappa shape index (κ2) is 16.1. The Morgan fingerprint density at radius 1 is 0.328 bits per heavy atom. The Bertz CT molecular complexity index is 3240. The number of hydrogen-bond acceptors (Lipinski definition) is 4. The van der Waals surface area contributed by atoms with Gasteiger partial charge in [0.2, 0.25) is 0 Å². The quantitative estimate of drug-likeness (QED) is 0.144. The highest BCUT2D eigenvalue weighted by Crippen LogP contribution is 2.38. The van der Waals surface area contributed by atoms with E-state index >= 15 is 0 Å². The van der Waals surface area contributed by atoms with Gasteiger partial charge in [-0.1, -0.05) is 194 Å². The predicted molar refractivity (Wildman–Crippen MR) is 250 cm³/mol. The number of benzene rings is 8. The van der Waals surface area contributed by atoms with Crippen molar-refractivity contribution in [2.45, 2.75) is 6.92 Å². The van der Waals surface area contributed by atoms with E-state index in [9.17, 15) is 0 Å². The summed E-state index contributed by atoms with van der Waals surface area (Å²) in [7, 11) is 0. The molecule has 0 atom stereocenters. The molecule has 0 amide bonds. The molecule has 0 radical (unpaired) electrons. The fraction of sp³-hybridized carbons (Fsp3) is 0.0179. The fourth-order valence-electron chi connectivity index (χ4n) is 8.00. The average Bonchev–Trinajstić information content (AvgIpc) is 3.34. The van der Waals surface area contributed by atoms with E-state index in [-0.39, 0.29) is 0 Å². The minimum absolute atomic E-state index is 0.558. The molecule has 2 aromatic heterocycles. The number of hydrogen-bond donors (Lipinski definition) is 0. The maximum absolute atomic E-state index is 7.78. The van der Waals surface area contributed by atoms with E-state index in [0.29, 0.717) is 17.3 Å². The van der Waals surface area contributed by atoms with Gasteiger partial charge in [0.15, 0.2) is 17.3 Å². The van der Waals surface area contributed by atoms with Crippen LogP contribution in [0.4, 0.5) is 5.69 Å². The van der Waals surface area contributed by atoms with Crippen molar-refractivity contribution in [2.24, 2.45) is 0 Å². The van der Waals surface area contributed by atoms with Gasteiger partial charge in [-0.2, -0.15) is 0 Å². The van der Waals surface area contributed by atoms with Gasteiger partial charge >= 0.3 is 0 Å². The Kier molecular flexibility index (Phi) is 9.78. The zero-order valence-electron chi connectivity index (χ0n) is 33.4. The molecule has 8 aromatic carbocycles. The molecule has 0 unspecified atom stereocenters. The SMILES string of the molecule is [C-]#[N+]c1ccccc1-c1cc(-c2ccccc2)nc(-c2ccc(-c3cccc4c(-c5ccc(-c6nc(-c7ccccc7)cc(-c7ccccc7C)n6)cc5)cccc34)cc2)n1. The van der Waals surface area contributed by atoms with Crippen LogP contribution >= 0.6 is 0 Å². The van der Waals surface area contributed by atoms with Crippen LogP contribution < -0.4 is 0 Å². The van der Waals surface area contributed by atoms with Crippen molar-refractivity contribution in [1.29, 1.82) is 0 Å². The number of para-hydroxylation sites is 1. The lowest BCUT2D eigenvalue weighted by Crippen LogP contribution is -1.97. The van der Waals surface area contributed by atoms with E-state index in [2.05, 4.69) is 139 Å². The molecule has 0 aliphatic heterocycles. The van der Waals surface area contributed by atoms with Crippen molar-refractivity contribution in [2.75, 3.05) is 0 Å². The molecule has 286 valence electrons. The second-order valence-electron chi connectivity index (χ2n) is 15.0. The third kappa shape index (κ3) is 7.35. The first-order valence-electron chi connectivity index (χ1n) is 20.2. The third-order valence-electron chi connectivity index (χ3n) is 11.1. The number of aromatic nitrogens is 4. The molecular weight excluding hydrogens is 743 g/mol. The van der Waals surface area contributed by atoms with E-state index in [4.69, 9.17) is 26.5 Å². The summed E-state index contributed by atoms with van der Waals surface area (Å²) < 4.78 is 0. The lowest BCUT2D eigenvalue weighted by atomic mass is 9.92. The summed E-state index contributed by atoms with van der Waals surface area (Å²) in [5.41, 5.74) is 15.3. The molecule has 0 aliphatic rings. The Labute approximate surface area is 355 Å². The summed E-state index contributed by atoms with van der Waals surface area (Å²) in [5.74, 6) is 1.30. The summed E-state index contributed by atoms with van der Waals surface area (Å²) >= 11 is 0. The first-order valence-corrected chi connectivity index (χ1v) is 20.2. The first kappa shape index (κ1) is 37.0. The standard InChI is InChI=1S/C56H37N5/c1-37-15-9-10-20-44(37)53-35-51(40-16-5-3-6-17-40)58-55(60-53)42-31-27-38(28-32-42)45-22-13-25-48-46(23-14-24-47(45)48)39-29-33-43(34-30-39)56-59-52(41-18-7-4-8-19-41)36-54(61-56)49-21-11-12-26-50(49)57-2/h3-36H,1H3. The molecule has 0 aliphatic carbocycles. The maximum atomic E-state index is 7.78. The Balaban J connectivity index is 0.990. The van der Waals surface area contributed by atoms with Crippen molar-refractivity contribution in [3.8, 4) is 90.1 Å². The molecule has 10 aromatic rings. The molecule has 10 rings (SSSR count). The molecule has 0 fully saturated rings. The fourth-order valence-corrected chi connectivity index (χ4v) is 8.00. The van der Waals surface area contributed by atoms with Crippen molar-refractivity contribution in [3.63, 3.8) is 0 Å². The van der Waals surface area contributed by atoms with Crippen LogP contribution in [0.25, 0.3) is 106 Å². The highest BCUT2D eigenvalue weighted by atomic mass is 14.9. The summed E-state index contributed by atoms with van der Waals surface area (Å²) in [5, 5.41) is 2.34. The van der Waals surface area contributed by atoms with Gasteiger partial charge in [0.05, 0.1) is 29.3 Å². The number of aryl methyl sites for hydroxylation is 1. The summed E-state index contributed by atoms with van der Waals surface area (Å²) in [6.45, 7) is 9.90. The molecule has 0 spiro atoms. The topological polar surface area (TPSA) is 55.9 Å². The van der Waals surface area contributed by atoms with Crippen LogP contribution in [-0.4, -0.2) is 19.9 Å². The van der Waals surface area contributed by atoms with Crippen LogP contribution in [-0.2, 0) is 0 Å². The monoisotopic (exact) mass is 779 g/mol. The van der Waals surface area contributed by atoms with E-state index in [0.717, 1.165) is 78.4 Å². The third-order valence-corrected chi connectivity index (χ3v) is 11.1. The second-order valence-corrected chi connectivity index (χ2v) is 15.0. The predicted octanol–water partition coefficient (Wildman–Crippen LogP) is 14.6. The van der Waals surface area contributed by atoms with Crippen molar-refractivity contribution in [1.82, 2.24) is 19.9 Å². The van der Waals surface area contributed by atoms with Crippen LogP contribution in [0.2, 0.25) is 0 Å². The summed E-state index contributed by atoms with van der Waals surface area (Å²) in [6, 6.07) is 70.5. The number of rotatable bonds is 8. The lowest BCUT2D eigenvalue weighted by molar-refractivity contribution is 1.18. The molecule has 61 heavy (non-hydrogen) atoms. The van der Waals surface area contributed by atoms with Crippen molar-refractivity contribution in [3.05, 3.63) is 223 Å². The summed E-state index contributed by atoms with van der Waals surface area (Å²) in [4.78, 5) is 24.0. The van der Waals surface area contributed by atoms with Gasteiger partial charge in [0.1, 0.15) is 0 Å². The van der Waals surface area contributed by atoms with Gasteiger partial charge in [0, 0.05) is 33.4 Å². The first-order chi connectivity index (χ1) is 30.1. The minimum atomic E-state index is 0.558. The van der Waals surface area contributed by atoms with Gasteiger partial charge in [-0.05, 0) is 57.6 Å². The molecule has 0 saturated carbocycles. The lowest BCUT2D eigenvalue weighted by Gasteiger charge is -2.13. The van der Waals surface area contributed by atoms with Crippen LogP contribution in [0.5, 0.6) is 0 Å². The van der Waals surface area contributed by atoms with Crippen LogP contribution in [0.15, 0.2) is 206 Å². The van der Waals surface area contributed by atoms with Crippen molar-refractivity contribution < 1.29 is 0 Å². The average molecular weight is 780 g/mol. The molecule has 2 heterocycles. The van der Waals surface area contributed by atoms with Gasteiger partial charge in [-0.3, -0.25) is 0 Å².